The van der Waals surface area contributed by atoms with Gasteiger partial charge < -0.3 is 10.2 Å². The Morgan fingerprint density at radius 3 is 3.14 bits per heavy atom. The SMILES string of the molecule is O=C1CCN(c2nc(Cl)cs2)CCN1. The molecule has 0 unspecified atom stereocenters. The van der Waals surface area contributed by atoms with Crippen LogP contribution in [0.1, 0.15) is 6.42 Å². The van der Waals surface area contributed by atoms with E-state index in [1.54, 1.807) is 5.38 Å². The van der Waals surface area contributed by atoms with Gasteiger partial charge in [0.05, 0.1) is 0 Å². The van der Waals surface area contributed by atoms with Crippen LogP contribution in [0.15, 0.2) is 5.38 Å². The quantitative estimate of drug-likeness (QED) is 0.788. The van der Waals surface area contributed by atoms with E-state index in [1.165, 1.54) is 11.3 Å². The highest BCUT2D eigenvalue weighted by Crippen LogP contribution is 2.23. The van der Waals surface area contributed by atoms with Gasteiger partial charge in [0.15, 0.2) is 5.13 Å². The Hall–Kier alpha value is -0.810. The highest BCUT2D eigenvalue weighted by Gasteiger charge is 2.15. The Balaban J connectivity index is 2.07. The standard InChI is InChI=1S/C8H10ClN3OS/c9-6-5-14-8(11-6)12-3-1-7(13)10-2-4-12/h5H,1-4H2,(H,10,13). The fraction of sp³-hybridized carbons (Fsp3) is 0.500. The summed E-state index contributed by atoms with van der Waals surface area (Å²) < 4.78 is 0. The lowest BCUT2D eigenvalue weighted by Gasteiger charge is -2.17. The summed E-state index contributed by atoms with van der Waals surface area (Å²) in [6.45, 7) is 2.20. The summed E-state index contributed by atoms with van der Waals surface area (Å²) >= 11 is 7.25. The summed E-state index contributed by atoms with van der Waals surface area (Å²) in [5, 5.41) is 6.03. The highest BCUT2D eigenvalue weighted by atomic mass is 35.5. The van der Waals surface area contributed by atoms with Crippen molar-refractivity contribution < 1.29 is 4.79 Å². The first kappa shape index (κ1) is 9.73. The average molecular weight is 232 g/mol. The van der Waals surface area contributed by atoms with E-state index in [2.05, 4.69) is 15.2 Å². The van der Waals surface area contributed by atoms with Crippen LogP contribution >= 0.6 is 22.9 Å². The lowest BCUT2D eigenvalue weighted by Crippen LogP contribution is -2.28. The number of amides is 1. The number of nitrogens with one attached hydrogen (secondary N) is 1. The van der Waals surface area contributed by atoms with Crippen LogP contribution in [0.3, 0.4) is 0 Å². The fourth-order valence-electron chi connectivity index (χ4n) is 1.35. The van der Waals surface area contributed by atoms with Crippen molar-refractivity contribution in [2.75, 3.05) is 24.5 Å². The number of carbonyl (C=O) groups excluding carboxylic acids is 1. The molecule has 2 heterocycles. The van der Waals surface area contributed by atoms with Crippen molar-refractivity contribution in [3.8, 4) is 0 Å². The summed E-state index contributed by atoms with van der Waals surface area (Å²) in [4.78, 5) is 17.3. The van der Waals surface area contributed by atoms with Crippen LogP contribution in [-0.4, -0.2) is 30.5 Å². The minimum atomic E-state index is 0.107. The molecule has 6 heteroatoms. The molecule has 1 aliphatic heterocycles. The maximum Gasteiger partial charge on any atom is 0.221 e. The van der Waals surface area contributed by atoms with E-state index in [4.69, 9.17) is 11.6 Å². The molecule has 1 fully saturated rings. The third-order valence-electron chi connectivity index (χ3n) is 2.05. The van der Waals surface area contributed by atoms with Crippen molar-refractivity contribution in [1.29, 1.82) is 0 Å². The summed E-state index contributed by atoms with van der Waals surface area (Å²) in [5.41, 5.74) is 0. The lowest BCUT2D eigenvalue weighted by atomic mass is 10.4. The predicted molar refractivity (Wildman–Crippen MR) is 57.0 cm³/mol. The van der Waals surface area contributed by atoms with Gasteiger partial charge in [-0.3, -0.25) is 4.79 Å². The number of rotatable bonds is 1. The number of nitrogens with zero attached hydrogens (tertiary/aromatic N) is 2. The zero-order chi connectivity index (χ0) is 9.97. The van der Waals surface area contributed by atoms with Crippen molar-refractivity contribution in [3.05, 3.63) is 10.5 Å². The third-order valence-corrected chi connectivity index (χ3v) is 3.27. The van der Waals surface area contributed by atoms with E-state index in [9.17, 15) is 4.79 Å². The van der Waals surface area contributed by atoms with Gasteiger partial charge in [-0.1, -0.05) is 11.6 Å². The zero-order valence-corrected chi connectivity index (χ0v) is 9.07. The highest BCUT2D eigenvalue weighted by molar-refractivity contribution is 7.14. The maximum absolute atomic E-state index is 11.1. The normalized spacial score (nSPS) is 17.8. The van der Waals surface area contributed by atoms with Crippen molar-refractivity contribution in [3.63, 3.8) is 0 Å². The molecule has 2 rings (SSSR count). The molecule has 0 aliphatic carbocycles. The molecular weight excluding hydrogens is 222 g/mol. The Morgan fingerprint density at radius 1 is 1.57 bits per heavy atom. The topological polar surface area (TPSA) is 45.2 Å². The van der Waals surface area contributed by atoms with Gasteiger partial charge in [-0.25, -0.2) is 4.98 Å². The van der Waals surface area contributed by atoms with Crippen LogP contribution in [0, 0.1) is 0 Å². The van der Waals surface area contributed by atoms with E-state index in [-0.39, 0.29) is 5.91 Å². The lowest BCUT2D eigenvalue weighted by molar-refractivity contribution is -0.120. The van der Waals surface area contributed by atoms with Gasteiger partial charge in [-0.05, 0) is 0 Å². The molecule has 1 aliphatic rings. The van der Waals surface area contributed by atoms with E-state index in [1.807, 2.05) is 0 Å². The monoisotopic (exact) mass is 231 g/mol. The van der Waals surface area contributed by atoms with E-state index >= 15 is 0 Å². The molecule has 0 saturated carbocycles. The molecule has 4 nitrogen and oxygen atoms in total. The fourth-order valence-corrected chi connectivity index (χ4v) is 2.35. The van der Waals surface area contributed by atoms with Crippen LogP contribution in [-0.2, 0) is 4.79 Å². The number of anilines is 1. The molecule has 1 aromatic rings. The number of hydrogen-bond donors (Lipinski definition) is 1. The molecule has 0 spiro atoms. The maximum atomic E-state index is 11.1. The van der Waals surface area contributed by atoms with Crippen LogP contribution in [0.25, 0.3) is 0 Å². The largest absolute Gasteiger partial charge is 0.354 e. The van der Waals surface area contributed by atoms with Crippen LogP contribution in [0.2, 0.25) is 5.15 Å². The van der Waals surface area contributed by atoms with Gasteiger partial charge in [0.25, 0.3) is 0 Å². The Labute approximate surface area is 90.9 Å². The first-order chi connectivity index (χ1) is 6.75. The number of aromatic nitrogens is 1. The number of halogens is 1. The molecule has 0 aromatic carbocycles. The number of thiazole rings is 1. The smallest absolute Gasteiger partial charge is 0.221 e. The molecule has 1 N–H and O–H groups in total. The Morgan fingerprint density at radius 2 is 2.43 bits per heavy atom. The summed E-state index contributed by atoms with van der Waals surface area (Å²) in [6.07, 6.45) is 0.525. The number of carbonyl (C=O) groups is 1. The Kier molecular flexibility index (Phi) is 2.88. The number of hydrogen-bond acceptors (Lipinski definition) is 4. The molecule has 1 amide bonds. The van der Waals surface area contributed by atoms with Crippen molar-refractivity contribution in [2.45, 2.75) is 6.42 Å². The van der Waals surface area contributed by atoms with Crippen molar-refractivity contribution >= 4 is 34.0 Å². The molecule has 0 atom stereocenters. The molecule has 1 aromatic heterocycles. The van der Waals surface area contributed by atoms with Gasteiger partial charge in [0, 0.05) is 31.4 Å². The zero-order valence-electron chi connectivity index (χ0n) is 7.49. The van der Waals surface area contributed by atoms with E-state index in [0.29, 0.717) is 18.1 Å². The van der Waals surface area contributed by atoms with Gasteiger partial charge in [0.1, 0.15) is 5.15 Å². The summed E-state index contributed by atoms with van der Waals surface area (Å²) in [6, 6.07) is 0. The second kappa shape index (κ2) is 4.14. The minimum absolute atomic E-state index is 0.107. The molecule has 0 radical (unpaired) electrons. The summed E-state index contributed by atoms with van der Waals surface area (Å²) in [7, 11) is 0. The van der Waals surface area contributed by atoms with Crippen LogP contribution in [0.5, 0.6) is 0 Å². The molecule has 0 bridgehead atoms. The first-order valence-corrected chi connectivity index (χ1v) is 5.64. The minimum Gasteiger partial charge on any atom is -0.354 e. The van der Waals surface area contributed by atoms with Crippen LogP contribution in [0.4, 0.5) is 5.13 Å². The molecule has 1 saturated heterocycles. The van der Waals surface area contributed by atoms with Gasteiger partial charge in [-0.2, -0.15) is 0 Å². The van der Waals surface area contributed by atoms with E-state index in [0.717, 1.165) is 18.2 Å². The van der Waals surface area contributed by atoms with Crippen molar-refractivity contribution in [1.82, 2.24) is 10.3 Å². The van der Waals surface area contributed by atoms with Gasteiger partial charge >= 0.3 is 0 Å². The van der Waals surface area contributed by atoms with Crippen LogP contribution < -0.4 is 10.2 Å². The third kappa shape index (κ3) is 2.16. The van der Waals surface area contributed by atoms with E-state index < -0.39 is 0 Å². The average Bonchev–Trinajstić information content (AvgIpc) is 2.46. The molecule has 76 valence electrons. The molecule has 14 heavy (non-hydrogen) atoms. The van der Waals surface area contributed by atoms with Gasteiger partial charge in [-0.15, -0.1) is 11.3 Å². The first-order valence-electron chi connectivity index (χ1n) is 4.38. The van der Waals surface area contributed by atoms with Gasteiger partial charge in [0.2, 0.25) is 5.91 Å². The second-order valence-electron chi connectivity index (χ2n) is 3.04. The van der Waals surface area contributed by atoms with Crippen molar-refractivity contribution in [2.24, 2.45) is 0 Å². The predicted octanol–water partition coefficient (Wildman–Crippen LogP) is 1.12. The summed E-state index contributed by atoms with van der Waals surface area (Å²) in [5.74, 6) is 0.107. The molecular formula is C8H10ClN3OS. The second-order valence-corrected chi connectivity index (χ2v) is 4.26. The Bertz CT molecular complexity index is 341.